The number of aromatic hydroxyl groups is 1. The smallest absolute Gasteiger partial charge is 0.253 e. The monoisotopic (exact) mass is 195 g/mol. The van der Waals surface area contributed by atoms with Gasteiger partial charge in [0.05, 0.1) is 0 Å². The molecule has 0 spiro atoms. The molecule has 1 aliphatic heterocycles. The molecule has 1 saturated heterocycles. The first-order valence-electron chi connectivity index (χ1n) is 4.46. The van der Waals surface area contributed by atoms with E-state index >= 15 is 0 Å². The maximum atomic E-state index is 12.9. The van der Waals surface area contributed by atoms with Crippen molar-refractivity contribution >= 4 is 5.91 Å². The van der Waals surface area contributed by atoms with E-state index in [0.29, 0.717) is 5.56 Å². The van der Waals surface area contributed by atoms with Crippen LogP contribution in [0.1, 0.15) is 16.8 Å². The van der Waals surface area contributed by atoms with Crippen LogP contribution in [-0.2, 0) is 0 Å². The highest BCUT2D eigenvalue weighted by Crippen LogP contribution is 2.19. The highest BCUT2D eigenvalue weighted by atomic mass is 19.1. The van der Waals surface area contributed by atoms with E-state index in [1.165, 1.54) is 12.1 Å². The van der Waals surface area contributed by atoms with E-state index in [4.69, 9.17) is 5.11 Å². The van der Waals surface area contributed by atoms with Crippen LogP contribution in [0.2, 0.25) is 0 Å². The summed E-state index contributed by atoms with van der Waals surface area (Å²) in [7, 11) is 0. The van der Waals surface area contributed by atoms with E-state index in [1.54, 1.807) is 4.90 Å². The Kier molecular flexibility index (Phi) is 2.11. The van der Waals surface area contributed by atoms with E-state index in [-0.39, 0.29) is 5.91 Å². The fourth-order valence-electron chi connectivity index (χ4n) is 1.34. The summed E-state index contributed by atoms with van der Waals surface area (Å²) in [6, 6.07) is 3.69. The van der Waals surface area contributed by atoms with E-state index < -0.39 is 11.6 Å². The number of phenolic OH excluding ortho intramolecular Hbond substituents is 1. The molecule has 0 bridgehead atoms. The second kappa shape index (κ2) is 3.29. The van der Waals surface area contributed by atoms with Crippen LogP contribution in [0.15, 0.2) is 18.2 Å². The first-order chi connectivity index (χ1) is 6.68. The van der Waals surface area contributed by atoms with Gasteiger partial charge in [0.1, 0.15) is 0 Å². The molecule has 3 nitrogen and oxygen atoms in total. The van der Waals surface area contributed by atoms with Crippen LogP contribution in [0.25, 0.3) is 0 Å². The van der Waals surface area contributed by atoms with Gasteiger partial charge in [-0.05, 0) is 24.6 Å². The van der Waals surface area contributed by atoms with E-state index in [9.17, 15) is 9.18 Å². The van der Waals surface area contributed by atoms with Crippen molar-refractivity contribution in [2.75, 3.05) is 13.1 Å². The van der Waals surface area contributed by atoms with Crippen molar-refractivity contribution in [2.45, 2.75) is 6.42 Å². The summed E-state index contributed by atoms with van der Waals surface area (Å²) in [5, 5.41) is 8.94. The molecule has 0 saturated carbocycles. The number of amides is 1. The largest absolute Gasteiger partial charge is 0.505 e. The molecule has 2 rings (SSSR count). The number of nitrogens with zero attached hydrogens (tertiary/aromatic N) is 1. The van der Waals surface area contributed by atoms with Crippen molar-refractivity contribution < 1.29 is 14.3 Å². The lowest BCUT2D eigenvalue weighted by atomic mass is 10.1. The number of hydrogen-bond acceptors (Lipinski definition) is 2. The summed E-state index contributed by atoms with van der Waals surface area (Å²) in [6.45, 7) is 1.47. The molecule has 0 radical (unpaired) electrons. The van der Waals surface area contributed by atoms with Crippen molar-refractivity contribution in [3.8, 4) is 5.75 Å². The topological polar surface area (TPSA) is 40.5 Å². The van der Waals surface area contributed by atoms with Crippen molar-refractivity contribution in [3.63, 3.8) is 0 Å². The summed E-state index contributed by atoms with van der Waals surface area (Å²) in [6.07, 6.45) is 1.01. The molecule has 1 N–H and O–H groups in total. The molecule has 0 aliphatic carbocycles. The van der Waals surface area contributed by atoms with Crippen molar-refractivity contribution in [1.82, 2.24) is 4.90 Å². The average molecular weight is 195 g/mol. The third-order valence-electron chi connectivity index (χ3n) is 2.34. The van der Waals surface area contributed by atoms with Gasteiger partial charge in [0.25, 0.3) is 5.91 Å². The highest BCUT2D eigenvalue weighted by Gasteiger charge is 2.22. The third kappa shape index (κ3) is 1.43. The number of carbonyl (C=O) groups is 1. The van der Waals surface area contributed by atoms with Gasteiger partial charge in [0.15, 0.2) is 11.6 Å². The summed E-state index contributed by atoms with van der Waals surface area (Å²) in [5.74, 6) is -1.35. The zero-order valence-corrected chi connectivity index (χ0v) is 7.53. The molecule has 1 fully saturated rings. The molecule has 1 aromatic rings. The standard InChI is InChI=1S/C10H10FNO2/c11-8-6-7(2-3-9(8)13)10(14)12-4-1-5-12/h2-3,6,13H,1,4-5H2. The van der Waals surface area contributed by atoms with Gasteiger partial charge in [0, 0.05) is 18.7 Å². The summed E-state index contributed by atoms with van der Waals surface area (Å²) < 4.78 is 12.9. The van der Waals surface area contributed by atoms with Gasteiger partial charge in [-0.15, -0.1) is 0 Å². The number of phenols is 1. The third-order valence-corrected chi connectivity index (χ3v) is 2.34. The summed E-state index contributed by atoms with van der Waals surface area (Å²) in [5.41, 5.74) is 0.292. The van der Waals surface area contributed by atoms with E-state index in [0.717, 1.165) is 25.6 Å². The number of benzene rings is 1. The predicted molar refractivity (Wildman–Crippen MR) is 48.6 cm³/mol. The maximum absolute atomic E-state index is 12.9. The minimum Gasteiger partial charge on any atom is -0.505 e. The van der Waals surface area contributed by atoms with Gasteiger partial charge in [0.2, 0.25) is 0 Å². The lowest BCUT2D eigenvalue weighted by Gasteiger charge is -2.30. The Bertz CT molecular complexity index is 374. The Balaban J connectivity index is 2.23. The number of hydrogen-bond donors (Lipinski definition) is 1. The molecule has 0 atom stereocenters. The van der Waals surface area contributed by atoms with Gasteiger partial charge in [-0.1, -0.05) is 0 Å². The molecule has 1 amide bonds. The number of likely N-dealkylation sites (tertiary alicyclic amines) is 1. The zero-order valence-electron chi connectivity index (χ0n) is 7.53. The SMILES string of the molecule is O=C(c1ccc(O)c(F)c1)N1CCC1. The summed E-state index contributed by atoms with van der Waals surface area (Å²) in [4.78, 5) is 13.2. The number of halogens is 1. The van der Waals surface area contributed by atoms with Crippen LogP contribution >= 0.6 is 0 Å². The molecular weight excluding hydrogens is 185 g/mol. The van der Waals surface area contributed by atoms with Crippen molar-refractivity contribution in [1.29, 1.82) is 0 Å². The molecular formula is C10H10FNO2. The maximum Gasteiger partial charge on any atom is 0.253 e. The molecule has 1 heterocycles. The average Bonchev–Trinajstić information content (AvgIpc) is 2.06. The zero-order chi connectivity index (χ0) is 10.1. The fraction of sp³-hybridized carbons (Fsp3) is 0.300. The van der Waals surface area contributed by atoms with Gasteiger partial charge in [-0.2, -0.15) is 0 Å². The minimum absolute atomic E-state index is 0.171. The fourth-order valence-corrected chi connectivity index (χ4v) is 1.34. The van der Waals surface area contributed by atoms with Crippen LogP contribution in [0.3, 0.4) is 0 Å². The van der Waals surface area contributed by atoms with Gasteiger partial charge in [-0.3, -0.25) is 4.79 Å². The second-order valence-electron chi connectivity index (χ2n) is 3.31. The van der Waals surface area contributed by atoms with Crippen LogP contribution in [-0.4, -0.2) is 29.0 Å². The van der Waals surface area contributed by atoms with E-state index in [2.05, 4.69) is 0 Å². The lowest BCUT2D eigenvalue weighted by molar-refractivity contribution is 0.0651. The Morgan fingerprint density at radius 3 is 2.64 bits per heavy atom. The quantitative estimate of drug-likeness (QED) is 0.735. The molecule has 0 unspecified atom stereocenters. The van der Waals surface area contributed by atoms with Gasteiger partial charge >= 0.3 is 0 Å². The number of rotatable bonds is 1. The summed E-state index contributed by atoms with van der Waals surface area (Å²) >= 11 is 0. The Labute approximate surface area is 80.8 Å². The van der Waals surface area contributed by atoms with Crippen LogP contribution in [0.5, 0.6) is 5.75 Å². The van der Waals surface area contributed by atoms with Crippen molar-refractivity contribution in [3.05, 3.63) is 29.6 Å². The van der Waals surface area contributed by atoms with E-state index in [1.807, 2.05) is 0 Å². The van der Waals surface area contributed by atoms with Gasteiger partial charge in [-0.25, -0.2) is 4.39 Å². The van der Waals surface area contributed by atoms with Crippen LogP contribution in [0.4, 0.5) is 4.39 Å². The highest BCUT2D eigenvalue weighted by molar-refractivity contribution is 5.94. The molecule has 0 aromatic heterocycles. The Morgan fingerprint density at radius 2 is 2.14 bits per heavy atom. The molecule has 4 heteroatoms. The molecule has 14 heavy (non-hydrogen) atoms. The van der Waals surface area contributed by atoms with Gasteiger partial charge < -0.3 is 10.0 Å². The molecule has 1 aliphatic rings. The van der Waals surface area contributed by atoms with Crippen LogP contribution in [0, 0.1) is 5.82 Å². The second-order valence-corrected chi connectivity index (χ2v) is 3.31. The minimum atomic E-state index is -0.753. The van der Waals surface area contributed by atoms with Crippen LogP contribution < -0.4 is 0 Å². The first kappa shape index (κ1) is 8.99. The molecule has 74 valence electrons. The molecule has 1 aromatic carbocycles. The van der Waals surface area contributed by atoms with Crippen molar-refractivity contribution in [2.24, 2.45) is 0 Å². The lowest BCUT2D eigenvalue weighted by Crippen LogP contribution is -2.42. The Hall–Kier alpha value is -1.58. The Morgan fingerprint density at radius 1 is 1.43 bits per heavy atom. The normalized spacial score (nSPS) is 15.1. The first-order valence-corrected chi connectivity index (χ1v) is 4.46. The number of carbonyl (C=O) groups excluding carboxylic acids is 1. The predicted octanol–water partition coefficient (Wildman–Crippen LogP) is 1.38.